The first-order valence-corrected chi connectivity index (χ1v) is 11.8. The van der Waals surface area contributed by atoms with Crippen molar-refractivity contribution in [3.8, 4) is 0 Å². The van der Waals surface area contributed by atoms with E-state index < -0.39 is 5.67 Å². The van der Waals surface area contributed by atoms with E-state index in [4.69, 9.17) is 0 Å². The molecule has 1 nitrogen and oxygen atoms in total. The van der Waals surface area contributed by atoms with Gasteiger partial charge in [0.2, 0.25) is 0 Å². The number of fused-ring (bicyclic) bond motifs is 1. The zero-order chi connectivity index (χ0) is 22.4. The lowest BCUT2D eigenvalue weighted by Gasteiger charge is -2.40. The summed E-state index contributed by atoms with van der Waals surface area (Å²) < 4.78 is 15.3. The van der Waals surface area contributed by atoms with Crippen molar-refractivity contribution in [2.45, 2.75) is 104 Å². The summed E-state index contributed by atoms with van der Waals surface area (Å²) in [5, 5.41) is 0. The number of alkyl halides is 1. The Hall–Kier alpha value is -1.70. The molecule has 4 atom stereocenters. The molecule has 30 heavy (non-hydrogen) atoms. The fraction of sp³-hybridized carbons (Fsp3) is 0.607. The number of unbranched alkanes of at least 4 members (excludes halogenated alkanes) is 2. The first-order chi connectivity index (χ1) is 14.2. The van der Waals surface area contributed by atoms with Crippen LogP contribution in [0.25, 0.3) is 0 Å². The lowest BCUT2D eigenvalue weighted by Crippen LogP contribution is -2.30. The van der Waals surface area contributed by atoms with Crippen molar-refractivity contribution in [2.24, 2.45) is 10.4 Å². The molecule has 2 heteroatoms. The van der Waals surface area contributed by atoms with Gasteiger partial charge in [0.1, 0.15) is 5.67 Å². The van der Waals surface area contributed by atoms with E-state index in [-0.39, 0.29) is 11.5 Å². The Balaban J connectivity index is 2.39. The van der Waals surface area contributed by atoms with Crippen LogP contribution in [0, 0.1) is 12.3 Å². The number of allylic oxidation sites excluding steroid dienone is 2. The Morgan fingerprint density at radius 3 is 2.50 bits per heavy atom. The lowest BCUT2D eigenvalue weighted by atomic mass is 9.64. The molecule has 0 aliphatic carbocycles. The van der Waals surface area contributed by atoms with Gasteiger partial charge in [0.05, 0.1) is 6.04 Å². The second kappa shape index (κ2) is 10.6. The molecule has 0 spiro atoms. The van der Waals surface area contributed by atoms with Gasteiger partial charge < -0.3 is 0 Å². The minimum Gasteiger partial charge on any atom is -0.285 e. The zero-order valence-corrected chi connectivity index (χ0v) is 19.9. The monoisotopic (exact) mass is 411 g/mol. The molecular formula is C28H42FN. The van der Waals surface area contributed by atoms with Gasteiger partial charge in [0, 0.05) is 12.6 Å². The van der Waals surface area contributed by atoms with Gasteiger partial charge >= 0.3 is 0 Å². The Morgan fingerprint density at radius 1 is 1.17 bits per heavy atom. The average molecular weight is 412 g/mol. The van der Waals surface area contributed by atoms with E-state index in [1.54, 1.807) is 6.08 Å². The predicted octanol–water partition coefficient (Wildman–Crippen LogP) is 8.82. The summed E-state index contributed by atoms with van der Waals surface area (Å²) in [6.45, 7) is 18.8. The second-order valence-electron chi connectivity index (χ2n) is 9.60. The molecular weight excluding hydrogens is 369 g/mol. The molecule has 1 aromatic carbocycles. The highest BCUT2D eigenvalue weighted by Gasteiger charge is 2.37. The van der Waals surface area contributed by atoms with Gasteiger partial charge in [-0.25, -0.2) is 4.39 Å². The van der Waals surface area contributed by atoms with Crippen molar-refractivity contribution in [3.05, 3.63) is 59.7 Å². The van der Waals surface area contributed by atoms with E-state index in [1.807, 2.05) is 6.21 Å². The average Bonchev–Trinajstić information content (AvgIpc) is 3.07. The number of aryl methyl sites for hydroxylation is 1. The molecule has 0 amide bonds. The third kappa shape index (κ3) is 5.50. The van der Waals surface area contributed by atoms with Crippen molar-refractivity contribution in [2.75, 3.05) is 0 Å². The maximum Gasteiger partial charge on any atom is 0.132 e. The Bertz CT molecular complexity index is 764. The van der Waals surface area contributed by atoms with E-state index >= 15 is 4.39 Å². The number of nitrogens with zero attached hydrogens (tertiary/aromatic N) is 1. The highest BCUT2D eigenvalue weighted by molar-refractivity contribution is 5.86. The molecule has 0 aromatic heterocycles. The number of benzene rings is 1. The summed E-state index contributed by atoms with van der Waals surface area (Å²) in [6, 6.07) is 4.95. The van der Waals surface area contributed by atoms with Crippen LogP contribution < -0.4 is 0 Å². The van der Waals surface area contributed by atoms with Gasteiger partial charge in [-0.15, -0.1) is 6.58 Å². The summed E-state index contributed by atoms with van der Waals surface area (Å²) in [5.74, 6) is 0.404. The Labute approximate surface area is 184 Å². The number of rotatable bonds is 13. The minimum absolute atomic E-state index is 0.0474. The van der Waals surface area contributed by atoms with Crippen LogP contribution in [0.15, 0.2) is 42.4 Å². The molecule has 2 rings (SSSR count). The molecule has 0 saturated heterocycles. The molecule has 1 heterocycles. The first kappa shape index (κ1) is 24.6. The van der Waals surface area contributed by atoms with Crippen LogP contribution >= 0.6 is 0 Å². The fourth-order valence-electron chi connectivity index (χ4n) is 5.25. The molecule has 1 aromatic rings. The highest BCUT2D eigenvalue weighted by atomic mass is 19.1. The maximum atomic E-state index is 15.3. The third-order valence-electron chi connectivity index (χ3n) is 7.30. The van der Waals surface area contributed by atoms with Crippen molar-refractivity contribution in [1.29, 1.82) is 0 Å². The van der Waals surface area contributed by atoms with Crippen LogP contribution in [0.2, 0.25) is 0 Å². The molecule has 0 fully saturated rings. The molecule has 1 aliphatic heterocycles. The van der Waals surface area contributed by atoms with Gasteiger partial charge in [0.25, 0.3) is 0 Å². The summed E-state index contributed by atoms with van der Waals surface area (Å²) in [5.41, 5.74) is 4.05. The smallest absolute Gasteiger partial charge is 0.132 e. The van der Waals surface area contributed by atoms with E-state index in [1.165, 1.54) is 47.6 Å². The molecule has 4 unspecified atom stereocenters. The SMILES string of the molecule is C=CCC(F)(C=C)CCC(C)(CCCCC)C(CC)c1cc2c(cc1C)C(C)N=C2. The fourth-order valence-corrected chi connectivity index (χ4v) is 5.25. The van der Waals surface area contributed by atoms with E-state index in [2.05, 4.69) is 64.9 Å². The van der Waals surface area contributed by atoms with E-state index in [0.29, 0.717) is 18.8 Å². The van der Waals surface area contributed by atoms with Crippen LogP contribution in [0.4, 0.5) is 4.39 Å². The molecule has 1 aliphatic rings. The largest absolute Gasteiger partial charge is 0.285 e. The van der Waals surface area contributed by atoms with Gasteiger partial charge in [0.15, 0.2) is 0 Å². The van der Waals surface area contributed by atoms with E-state index in [9.17, 15) is 0 Å². The molecule has 0 N–H and O–H groups in total. The molecule has 166 valence electrons. The standard InChI is InChI=1S/C28H42FN/c1-8-12-13-15-27(7,16-17-28(29,11-4)14-9-2)26(10-3)24-19-23-20-30-22(6)25(23)18-21(24)5/h9,11,18-20,22,26H,2,4,8,10,12-17H2,1,3,5-7H3. The number of hydrogen-bond donors (Lipinski definition) is 0. The molecule has 0 radical (unpaired) electrons. The van der Waals surface area contributed by atoms with Crippen LogP contribution in [-0.4, -0.2) is 11.9 Å². The summed E-state index contributed by atoms with van der Waals surface area (Å²) in [6.07, 6.45) is 12.7. The van der Waals surface area contributed by atoms with Crippen molar-refractivity contribution < 1.29 is 4.39 Å². The molecule has 0 saturated carbocycles. The van der Waals surface area contributed by atoms with Crippen LogP contribution in [-0.2, 0) is 0 Å². The number of hydrogen-bond acceptors (Lipinski definition) is 1. The second-order valence-corrected chi connectivity index (χ2v) is 9.60. The Kier molecular flexibility index (Phi) is 8.64. The van der Waals surface area contributed by atoms with Crippen molar-refractivity contribution in [1.82, 2.24) is 0 Å². The lowest BCUT2D eigenvalue weighted by molar-refractivity contribution is 0.136. The summed E-state index contributed by atoms with van der Waals surface area (Å²) >= 11 is 0. The quantitative estimate of drug-likeness (QED) is 0.227. The number of halogens is 1. The van der Waals surface area contributed by atoms with Gasteiger partial charge in [-0.1, -0.05) is 64.8 Å². The first-order valence-electron chi connectivity index (χ1n) is 11.8. The number of aliphatic imine (C=N–C) groups is 1. The normalized spacial score (nSPS) is 20.3. The minimum atomic E-state index is -1.36. The van der Waals surface area contributed by atoms with Gasteiger partial charge in [-0.3, -0.25) is 4.99 Å². The van der Waals surface area contributed by atoms with Gasteiger partial charge in [-0.05, 0) is 79.2 Å². The Morgan fingerprint density at radius 2 is 1.90 bits per heavy atom. The van der Waals surface area contributed by atoms with Crippen LogP contribution in [0.1, 0.15) is 113 Å². The summed E-state index contributed by atoms with van der Waals surface area (Å²) in [4.78, 5) is 4.60. The van der Waals surface area contributed by atoms with E-state index in [0.717, 1.165) is 19.3 Å². The highest BCUT2D eigenvalue weighted by Crippen LogP contribution is 2.49. The zero-order valence-electron chi connectivity index (χ0n) is 19.9. The summed E-state index contributed by atoms with van der Waals surface area (Å²) in [7, 11) is 0. The maximum absolute atomic E-state index is 15.3. The van der Waals surface area contributed by atoms with Crippen LogP contribution in [0.3, 0.4) is 0 Å². The van der Waals surface area contributed by atoms with Crippen molar-refractivity contribution >= 4 is 6.21 Å². The third-order valence-corrected chi connectivity index (χ3v) is 7.30. The molecule has 0 bridgehead atoms. The van der Waals surface area contributed by atoms with Crippen LogP contribution in [0.5, 0.6) is 0 Å². The van der Waals surface area contributed by atoms with Gasteiger partial charge in [-0.2, -0.15) is 0 Å². The van der Waals surface area contributed by atoms with Crippen molar-refractivity contribution in [3.63, 3.8) is 0 Å². The predicted molar refractivity (Wildman–Crippen MR) is 131 cm³/mol. The topological polar surface area (TPSA) is 12.4 Å².